The fourth-order valence-corrected chi connectivity index (χ4v) is 3.24. The zero-order valence-electron chi connectivity index (χ0n) is 14.6. The lowest BCUT2D eigenvalue weighted by atomic mass is 10.2. The topological polar surface area (TPSA) is 50.7 Å². The maximum Gasteiger partial charge on any atom is 0.227 e. The molecule has 2 aliphatic heterocycles. The van der Waals surface area contributed by atoms with Crippen LogP contribution in [0.1, 0.15) is 18.2 Å². The normalized spacial score (nSPS) is 17.6. The first-order valence-corrected chi connectivity index (χ1v) is 9.00. The third-order valence-electron chi connectivity index (χ3n) is 4.69. The molecule has 1 fully saturated rings. The Kier molecular flexibility index (Phi) is 4.70. The zero-order chi connectivity index (χ0) is 17.1. The molecule has 0 bridgehead atoms. The van der Waals surface area contributed by atoms with Crippen molar-refractivity contribution in [1.29, 1.82) is 0 Å². The minimum absolute atomic E-state index is 0.662. The fourth-order valence-electron chi connectivity index (χ4n) is 3.24. The summed E-state index contributed by atoms with van der Waals surface area (Å²) in [4.78, 5) is 14.1. The van der Waals surface area contributed by atoms with Gasteiger partial charge >= 0.3 is 0 Å². The maximum atomic E-state index is 5.89. The van der Waals surface area contributed by atoms with E-state index in [1.165, 1.54) is 5.56 Å². The predicted molar refractivity (Wildman–Crippen MR) is 97.4 cm³/mol. The molecule has 0 atom stereocenters. The van der Waals surface area contributed by atoms with Gasteiger partial charge in [-0.2, -0.15) is 4.98 Å². The second-order valence-electron chi connectivity index (χ2n) is 6.35. The van der Waals surface area contributed by atoms with E-state index in [2.05, 4.69) is 34.9 Å². The molecule has 132 valence electrons. The van der Waals surface area contributed by atoms with Crippen molar-refractivity contribution in [2.45, 2.75) is 19.9 Å². The van der Waals surface area contributed by atoms with Crippen LogP contribution in [0.5, 0.6) is 5.75 Å². The molecule has 1 saturated heterocycles. The molecule has 6 nitrogen and oxygen atoms in total. The summed E-state index contributed by atoms with van der Waals surface area (Å²) >= 11 is 0. The smallest absolute Gasteiger partial charge is 0.227 e. The van der Waals surface area contributed by atoms with Crippen molar-refractivity contribution in [3.05, 3.63) is 41.6 Å². The highest BCUT2D eigenvalue weighted by Gasteiger charge is 2.20. The molecular formula is C19H24N4O2. The van der Waals surface area contributed by atoms with Gasteiger partial charge in [0.2, 0.25) is 5.95 Å². The van der Waals surface area contributed by atoms with E-state index in [-0.39, 0.29) is 0 Å². The van der Waals surface area contributed by atoms with Crippen LogP contribution in [0.25, 0.3) is 0 Å². The van der Waals surface area contributed by atoms with Crippen LogP contribution in [-0.2, 0) is 17.7 Å². The highest BCUT2D eigenvalue weighted by atomic mass is 16.5. The van der Waals surface area contributed by atoms with Gasteiger partial charge in [0.05, 0.1) is 19.8 Å². The monoisotopic (exact) mass is 340 g/mol. The van der Waals surface area contributed by atoms with Crippen LogP contribution in [0.4, 0.5) is 11.8 Å². The molecule has 1 aromatic carbocycles. The number of nitrogens with zero attached hydrogens (tertiary/aromatic N) is 4. The highest BCUT2D eigenvalue weighted by Crippen LogP contribution is 2.26. The van der Waals surface area contributed by atoms with Gasteiger partial charge in [0.25, 0.3) is 0 Å². The Morgan fingerprint density at radius 2 is 1.80 bits per heavy atom. The van der Waals surface area contributed by atoms with E-state index in [1.54, 1.807) is 0 Å². The molecule has 25 heavy (non-hydrogen) atoms. The Morgan fingerprint density at radius 3 is 2.64 bits per heavy atom. The van der Waals surface area contributed by atoms with Gasteiger partial charge in [-0.3, -0.25) is 0 Å². The Morgan fingerprint density at radius 1 is 1.00 bits per heavy atom. The lowest BCUT2D eigenvalue weighted by molar-refractivity contribution is 0.122. The molecule has 0 spiro atoms. The van der Waals surface area contributed by atoms with Crippen LogP contribution in [0.3, 0.4) is 0 Å². The number of rotatable bonds is 3. The molecule has 0 amide bonds. The van der Waals surface area contributed by atoms with Crippen molar-refractivity contribution in [3.8, 4) is 5.75 Å². The maximum absolute atomic E-state index is 5.89. The molecule has 0 saturated carbocycles. The van der Waals surface area contributed by atoms with Crippen molar-refractivity contribution >= 4 is 11.8 Å². The third-order valence-corrected chi connectivity index (χ3v) is 4.69. The van der Waals surface area contributed by atoms with E-state index in [0.29, 0.717) is 6.61 Å². The quantitative estimate of drug-likeness (QED) is 0.854. The number of hydrogen-bond acceptors (Lipinski definition) is 6. The van der Waals surface area contributed by atoms with Crippen LogP contribution in [0, 0.1) is 0 Å². The van der Waals surface area contributed by atoms with E-state index in [0.717, 1.165) is 69.0 Å². The number of aryl methyl sites for hydroxylation is 1. The SMILES string of the molecule is CCc1cc(N2CCOc3ccccc3C2)nc(N2CCOCC2)n1. The van der Waals surface area contributed by atoms with E-state index >= 15 is 0 Å². The fraction of sp³-hybridized carbons (Fsp3) is 0.474. The summed E-state index contributed by atoms with van der Waals surface area (Å²) in [6.07, 6.45) is 0.897. The molecule has 1 aromatic heterocycles. The lowest BCUT2D eigenvalue weighted by Gasteiger charge is -2.29. The zero-order valence-corrected chi connectivity index (χ0v) is 14.6. The summed E-state index contributed by atoms with van der Waals surface area (Å²) in [6.45, 7) is 7.58. The van der Waals surface area contributed by atoms with Crippen molar-refractivity contribution in [1.82, 2.24) is 9.97 Å². The summed E-state index contributed by atoms with van der Waals surface area (Å²) in [5, 5.41) is 0. The van der Waals surface area contributed by atoms with Crippen molar-refractivity contribution in [2.75, 3.05) is 49.3 Å². The summed E-state index contributed by atoms with van der Waals surface area (Å²) in [7, 11) is 0. The second-order valence-corrected chi connectivity index (χ2v) is 6.35. The lowest BCUT2D eigenvalue weighted by Crippen LogP contribution is -2.38. The van der Waals surface area contributed by atoms with E-state index in [1.807, 2.05) is 12.1 Å². The Hall–Kier alpha value is -2.34. The Labute approximate surface area is 148 Å². The van der Waals surface area contributed by atoms with E-state index < -0.39 is 0 Å². The first-order valence-electron chi connectivity index (χ1n) is 9.00. The van der Waals surface area contributed by atoms with Crippen LogP contribution < -0.4 is 14.5 Å². The molecule has 0 unspecified atom stereocenters. The highest BCUT2D eigenvalue weighted by molar-refractivity contribution is 5.49. The number of aromatic nitrogens is 2. The number of fused-ring (bicyclic) bond motifs is 1. The first-order chi connectivity index (χ1) is 12.3. The summed E-state index contributed by atoms with van der Waals surface area (Å²) < 4.78 is 11.3. The van der Waals surface area contributed by atoms with Gasteiger partial charge in [-0.15, -0.1) is 0 Å². The molecule has 0 aliphatic carbocycles. The minimum atomic E-state index is 0.662. The average molecular weight is 340 g/mol. The van der Waals surface area contributed by atoms with Crippen LogP contribution in [0.2, 0.25) is 0 Å². The summed E-state index contributed by atoms with van der Waals surface area (Å²) in [6, 6.07) is 10.3. The molecule has 2 aromatic rings. The summed E-state index contributed by atoms with van der Waals surface area (Å²) in [5.41, 5.74) is 2.27. The van der Waals surface area contributed by atoms with Gasteiger partial charge in [-0.1, -0.05) is 25.1 Å². The van der Waals surface area contributed by atoms with Crippen molar-refractivity contribution in [3.63, 3.8) is 0 Å². The second kappa shape index (κ2) is 7.27. The van der Waals surface area contributed by atoms with Gasteiger partial charge < -0.3 is 19.3 Å². The van der Waals surface area contributed by atoms with E-state index in [9.17, 15) is 0 Å². The number of morpholine rings is 1. The third kappa shape index (κ3) is 3.54. The molecule has 2 aliphatic rings. The van der Waals surface area contributed by atoms with Gasteiger partial charge in [0.15, 0.2) is 0 Å². The molecule has 0 radical (unpaired) electrons. The van der Waals surface area contributed by atoms with Crippen molar-refractivity contribution < 1.29 is 9.47 Å². The predicted octanol–water partition coefficient (Wildman–Crippen LogP) is 2.27. The van der Waals surface area contributed by atoms with Gasteiger partial charge in [0.1, 0.15) is 18.2 Å². The Bertz CT molecular complexity index is 731. The average Bonchev–Trinajstić information content (AvgIpc) is 2.91. The van der Waals surface area contributed by atoms with Crippen LogP contribution >= 0.6 is 0 Å². The number of hydrogen-bond donors (Lipinski definition) is 0. The minimum Gasteiger partial charge on any atom is -0.491 e. The summed E-state index contributed by atoms with van der Waals surface area (Å²) in [5.74, 6) is 2.77. The van der Waals surface area contributed by atoms with Crippen LogP contribution in [-0.4, -0.2) is 49.4 Å². The molecule has 4 rings (SSSR count). The molecular weight excluding hydrogens is 316 g/mol. The molecule has 0 N–H and O–H groups in total. The number of ether oxygens (including phenoxy) is 2. The molecule has 3 heterocycles. The number of benzene rings is 1. The first kappa shape index (κ1) is 16.1. The standard InChI is InChI=1S/C19H24N4O2/c1-2-16-13-18(21-19(20-16)22-7-10-24-11-8-22)23-9-12-25-17-6-4-3-5-15(17)14-23/h3-6,13H,2,7-12,14H2,1H3. The van der Waals surface area contributed by atoms with Gasteiger partial charge in [0, 0.05) is 37.0 Å². The van der Waals surface area contributed by atoms with E-state index in [4.69, 9.17) is 19.4 Å². The van der Waals surface area contributed by atoms with Gasteiger partial charge in [-0.25, -0.2) is 4.98 Å². The largest absolute Gasteiger partial charge is 0.491 e. The Balaban J connectivity index is 1.64. The number of anilines is 2. The van der Waals surface area contributed by atoms with Gasteiger partial charge in [-0.05, 0) is 12.5 Å². The molecule has 6 heteroatoms. The number of para-hydroxylation sites is 1. The van der Waals surface area contributed by atoms with Crippen LogP contribution in [0.15, 0.2) is 30.3 Å². The van der Waals surface area contributed by atoms with Crippen molar-refractivity contribution in [2.24, 2.45) is 0 Å².